The van der Waals surface area contributed by atoms with Crippen molar-refractivity contribution in [3.05, 3.63) is 22.4 Å². The SMILES string of the molecule is CC(CCN)CCC(=O)c1cccs1. The first-order valence-corrected chi connectivity index (χ1v) is 5.88. The number of nitrogens with two attached hydrogens (primary N) is 1. The molecule has 1 aromatic heterocycles. The summed E-state index contributed by atoms with van der Waals surface area (Å²) in [5.74, 6) is 0.827. The van der Waals surface area contributed by atoms with Crippen LogP contribution in [-0.4, -0.2) is 12.3 Å². The second-order valence-corrected chi connectivity index (χ2v) is 4.57. The summed E-state index contributed by atoms with van der Waals surface area (Å²) in [5.41, 5.74) is 5.45. The molecule has 1 aromatic rings. The van der Waals surface area contributed by atoms with Gasteiger partial charge in [0.15, 0.2) is 5.78 Å². The molecule has 1 heterocycles. The van der Waals surface area contributed by atoms with E-state index in [9.17, 15) is 4.79 Å². The minimum atomic E-state index is 0.267. The van der Waals surface area contributed by atoms with E-state index in [1.165, 1.54) is 11.3 Å². The maximum absolute atomic E-state index is 11.6. The molecule has 0 aliphatic heterocycles. The van der Waals surface area contributed by atoms with Gasteiger partial charge in [-0.1, -0.05) is 13.0 Å². The van der Waals surface area contributed by atoms with Gasteiger partial charge in [-0.2, -0.15) is 0 Å². The molecule has 2 N–H and O–H groups in total. The summed E-state index contributed by atoms with van der Waals surface area (Å²) < 4.78 is 0. The van der Waals surface area contributed by atoms with Crippen LogP contribution in [-0.2, 0) is 0 Å². The van der Waals surface area contributed by atoms with Crippen molar-refractivity contribution in [3.8, 4) is 0 Å². The molecule has 3 heteroatoms. The summed E-state index contributed by atoms with van der Waals surface area (Å²) in [7, 11) is 0. The smallest absolute Gasteiger partial charge is 0.172 e. The van der Waals surface area contributed by atoms with E-state index in [-0.39, 0.29) is 5.78 Å². The Morgan fingerprint density at radius 2 is 2.36 bits per heavy atom. The van der Waals surface area contributed by atoms with Crippen molar-refractivity contribution in [2.45, 2.75) is 26.2 Å². The molecule has 0 aliphatic rings. The first-order chi connectivity index (χ1) is 6.74. The third kappa shape index (κ3) is 3.60. The molecule has 0 spiro atoms. The van der Waals surface area contributed by atoms with Crippen LogP contribution in [0.15, 0.2) is 17.5 Å². The zero-order valence-electron chi connectivity index (χ0n) is 8.53. The van der Waals surface area contributed by atoms with Crippen molar-refractivity contribution >= 4 is 17.1 Å². The Morgan fingerprint density at radius 3 is 2.93 bits per heavy atom. The first-order valence-electron chi connectivity index (χ1n) is 5.00. The summed E-state index contributed by atoms with van der Waals surface area (Å²) in [6.45, 7) is 2.86. The standard InChI is InChI=1S/C11H17NOS/c1-9(6-7-12)4-5-10(13)11-3-2-8-14-11/h2-3,8-9H,4-7,12H2,1H3. The maximum Gasteiger partial charge on any atom is 0.172 e. The van der Waals surface area contributed by atoms with Gasteiger partial charge in [-0.25, -0.2) is 0 Å². The number of ketones is 1. The third-order valence-electron chi connectivity index (χ3n) is 2.32. The van der Waals surface area contributed by atoms with E-state index < -0.39 is 0 Å². The zero-order chi connectivity index (χ0) is 10.4. The average molecular weight is 211 g/mol. The molecule has 0 fully saturated rings. The Labute approximate surface area is 89.1 Å². The van der Waals surface area contributed by atoms with Crippen LogP contribution in [0, 0.1) is 5.92 Å². The lowest BCUT2D eigenvalue weighted by atomic mass is 10.00. The fraction of sp³-hybridized carbons (Fsp3) is 0.545. The van der Waals surface area contributed by atoms with Crippen LogP contribution in [0.25, 0.3) is 0 Å². The van der Waals surface area contributed by atoms with E-state index in [1.807, 2.05) is 17.5 Å². The van der Waals surface area contributed by atoms with Gasteiger partial charge in [0.05, 0.1) is 4.88 Å². The number of thiophene rings is 1. The van der Waals surface area contributed by atoms with Crippen LogP contribution >= 0.6 is 11.3 Å². The Bertz CT molecular complexity index is 269. The molecule has 1 unspecified atom stereocenters. The molecule has 2 nitrogen and oxygen atoms in total. The molecule has 78 valence electrons. The zero-order valence-corrected chi connectivity index (χ0v) is 9.35. The van der Waals surface area contributed by atoms with Crippen molar-refractivity contribution in [1.82, 2.24) is 0 Å². The molecule has 0 aliphatic carbocycles. The highest BCUT2D eigenvalue weighted by molar-refractivity contribution is 7.12. The molecule has 0 aromatic carbocycles. The number of hydrogen-bond acceptors (Lipinski definition) is 3. The summed E-state index contributed by atoms with van der Waals surface area (Å²) in [6, 6.07) is 3.81. The van der Waals surface area contributed by atoms with Crippen LogP contribution in [0.1, 0.15) is 35.9 Å². The predicted molar refractivity (Wildman–Crippen MR) is 60.7 cm³/mol. The second-order valence-electron chi connectivity index (χ2n) is 3.62. The fourth-order valence-corrected chi connectivity index (χ4v) is 2.06. The molecule has 0 saturated heterocycles. The van der Waals surface area contributed by atoms with Crippen LogP contribution in [0.3, 0.4) is 0 Å². The normalized spacial score (nSPS) is 12.7. The van der Waals surface area contributed by atoms with Gasteiger partial charge in [0.25, 0.3) is 0 Å². The minimum absolute atomic E-state index is 0.267. The van der Waals surface area contributed by atoms with Crippen LogP contribution in [0.4, 0.5) is 0 Å². The summed E-state index contributed by atoms with van der Waals surface area (Å²) in [6.07, 6.45) is 2.62. The van der Waals surface area contributed by atoms with Crippen LogP contribution < -0.4 is 5.73 Å². The highest BCUT2D eigenvalue weighted by Crippen LogP contribution is 2.16. The van der Waals surface area contributed by atoms with Gasteiger partial charge in [0.1, 0.15) is 0 Å². The van der Waals surface area contributed by atoms with E-state index >= 15 is 0 Å². The molecule has 0 amide bonds. The van der Waals surface area contributed by atoms with E-state index in [1.54, 1.807) is 0 Å². The Hall–Kier alpha value is -0.670. The number of Topliss-reactive ketones (excluding diaryl/α,β-unsaturated/α-hetero) is 1. The monoisotopic (exact) mass is 211 g/mol. The Kier molecular flexibility index (Phi) is 4.84. The highest BCUT2D eigenvalue weighted by Gasteiger charge is 2.08. The summed E-state index contributed by atoms with van der Waals surface area (Å²) in [5, 5.41) is 1.94. The Morgan fingerprint density at radius 1 is 1.57 bits per heavy atom. The molecular weight excluding hydrogens is 194 g/mol. The minimum Gasteiger partial charge on any atom is -0.330 e. The van der Waals surface area contributed by atoms with E-state index in [2.05, 4.69) is 6.92 Å². The molecule has 0 saturated carbocycles. The van der Waals surface area contributed by atoms with Crippen LogP contribution in [0.2, 0.25) is 0 Å². The van der Waals surface area contributed by atoms with E-state index in [0.29, 0.717) is 18.9 Å². The fourth-order valence-electron chi connectivity index (χ4n) is 1.37. The first kappa shape index (κ1) is 11.4. The lowest BCUT2D eigenvalue weighted by Crippen LogP contribution is -2.07. The highest BCUT2D eigenvalue weighted by atomic mass is 32.1. The van der Waals surface area contributed by atoms with Gasteiger partial charge < -0.3 is 5.73 Å². The van der Waals surface area contributed by atoms with Gasteiger partial charge in [0.2, 0.25) is 0 Å². The second kappa shape index (κ2) is 5.94. The van der Waals surface area contributed by atoms with Crippen molar-refractivity contribution in [2.75, 3.05) is 6.54 Å². The van der Waals surface area contributed by atoms with Crippen molar-refractivity contribution in [1.29, 1.82) is 0 Å². The predicted octanol–water partition coefficient (Wildman–Crippen LogP) is 2.70. The Balaban J connectivity index is 2.28. The lowest BCUT2D eigenvalue weighted by Gasteiger charge is -2.07. The van der Waals surface area contributed by atoms with Gasteiger partial charge in [-0.05, 0) is 36.8 Å². The van der Waals surface area contributed by atoms with Crippen molar-refractivity contribution in [2.24, 2.45) is 11.7 Å². The molecule has 1 atom stereocenters. The van der Waals surface area contributed by atoms with Gasteiger partial charge in [0, 0.05) is 6.42 Å². The molecule has 14 heavy (non-hydrogen) atoms. The van der Waals surface area contributed by atoms with E-state index in [0.717, 1.165) is 17.7 Å². The lowest BCUT2D eigenvalue weighted by molar-refractivity contribution is 0.0978. The number of hydrogen-bond donors (Lipinski definition) is 1. The molecule has 0 radical (unpaired) electrons. The summed E-state index contributed by atoms with van der Waals surface area (Å²) >= 11 is 1.52. The van der Waals surface area contributed by atoms with Gasteiger partial charge >= 0.3 is 0 Å². The van der Waals surface area contributed by atoms with Crippen LogP contribution in [0.5, 0.6) is 0 Å². The van der Waals surface area contributed by atoms with Gasteiger partial charge in [-0.15, -0.1) is 11.3 Å². The van der Waals surface area contributed by atoms with Gasteiger partial charge in [-0.3, -0.25) is 4.79 Å². The molecular formula is C11H17NOS. The number of carbonyl (C=O) groups excluding carboxylic acids is 1. The number of carbonyl (C=O) groups is 1. The summed E-state index contributed by atoms with van der Waals surface area (Å²) in [4.78, 5) is 12.5. The average Bonchev–Trinajstić information content (AvgIpc) is 2.67. The molecule has 1 rings (SSSR count). The van der Waals surface area contributed by atoms with Crippen molar-refractivity contribution in [3.63, 3.8) is 0 Å². The number of rotatable bonds is 6. The maximum atomic E-state index is 11.6. The van der Waals surface area contributed by atoms with E-state index in [4.69, 9.17) is 5.73 Å². The molecule has 0 bridgehead atoms. The largest absolute Gasteiger partial charge is 0.330 e. The third-order valence-corrected chi connectivity index (χ3v) is 3.23. The topological polar surface area (TPSA) is 43.1 Å². The quantitative estimate of drug-likeness (QED) is 0.735. The van der Waals surface area contributed by atoms with Crippen molar-refractivity contribution < 1.29 is 4.79 Å².